The molecule has 6 nitrogen and oxygen atoms in total. The van der Waals surface area contributed by atoms with E-state index in [1.165, 1.54) is 38.5 Å². The number of nitrogens with zero attached hydrogens (tertiary/aromatic N) is 2. The highest BCUT2D eigenvalue weighted by atomic mass is 16.5. The molecule has 0 aromatic heterocycles. The molecule has 0 amide bonds. The standard InChI is InChI=1S/C21H40N4O2/c1-2-22-21(23-10-8-18-6-4-3-5-7-18)24-16-20(19-9-13-27-17-19)25-11-14-26-15-12-25/h18-20H,2-17H2,1H3,(H2,22,23,24). The normalized spacial score (nSPS) is 26.9. The molecule has 0 spiro atoms. The molecule has 0 radical (unpaired) electrons. The SMILES string of the molecule is CCNC(=NCC(C1CCOC1)N1CCOCC1)NCCC1CCCCC1. The molecule has 3 rings (SSSR count). The lowest BCUT2D eigenvalue weighted by atomic mass is 9.87. The second kappa shape index (κ2) is 11.9. The lowest BCUT2D eigenvalue weighted by Gasteiger charge is -2.36. The highest BCUT2D eigenvalue weighted by Gasteiger charge is 2.31. The molecule has 6 heteroatoms. The van der Waals surface area contributed by atoms with E-state index in [0.29, 0.717) is 12.0 Å². The van der Waals surface area contributed by atoms with E-state index in [0.717, 1.165) is 77.4 Å². The van der Waals surface area contributed by atoms with Crippen molar-refractivity contribution < 1.29 is 9.47 Å². The van der Waals surface area contributed by atoms with E-state index in [9.17, 15) is 0 Å². The summed E-state index contributed by atoms with van der Waals surface area (Å²) in [6.45, 7) is 10.4. The number of nitrogens with one attached hydrogen (secondary N) is 2. The van der Waals surface area contributed by atoms with Crippen molar-refractivity contribution in [1.29, 1.82) is 0 Å². The number of hydrogen-bond donors (Lipinski definition) is 2. The van der Waals surface area contributed by atoms with Gasteiger partial charge in [0.2, 0.25) is 0 Å². The summed E-state index contributed by atoms with van der Waals surface area (Å²) in [5, 5.41) is 7.01. The molecule has 2 N–H and O–H groups in total. The first-order chi connectivity index (χ1) is 13.4. The van der Waals surface area contributed by atoms with Crippen molar-refractivity contribution in [2.24, 2.45) is 16.8 Å². The van der Waals surface area contributed by atoms with Gasteiger partial charge in [0.1, 0.15) is 0 Å². The van der Waals surface area contributed by atoms with Gasteiger partial charge in [-0.1, -0.05) is 32.1 Å². The van der Waals surface area contributed by atoms with E-state index in [1.54, 1.807) is 0 Å². The third kappa shape index (κ3) is 6.91. The van der Waals surface area contributed by atoms with Crippen molar-refractivity contribution in [3.05, 3.63) is 0 Å². The molecular weight excluding hydrogens is 340 g/mol. The Morgan fingerprint density at radius 2 is 1.85 bits per heavy atom. The summed E-state index contributed by atoms with van der Waals surface area (Å²) < 4.78 is 11.2. The fourth-order valence-corrected chi connectivity index (χ4v) is 4.73. The fraction of sp³-hybridized carbons (Fsp3) is 0.952. The monoisotopic (exact) mass is 380 g/mol. The highest BCUT2D eigenvalue weighted by molar-refractivity contribution is 5.79. The van der Waals surface area contributed by atoms with Gasteiger partial charge in [-0.25, -0.2) is 0 Å². The van der Waals surface area contributed by atoms with Gasteiger partial charge in [0.25, 0.3) is 0 Å². The van der Waals surface area contributed by atoms with Gasteiger partial charge in [-0.3, -0.25) is 9.89 Å². The molecule has 3 fully saturated rings. The van der Waals surface area contributed by atoms with Crippen LogP contribution in [0.4, 0.5) is 0 Å². The van der Waals surface area contributed by atoms with E-state index in [-0.39, 0.29) is 0 Å². The minimum Gasteiger partial charge on any atom is -0.381 e. The van der Waals surface area contributed by atoms with Crippen LogP contribution in [0.5, 0.6) is 0 Å². The Balaban J connectivity index is 1.51. The lowest BCUT2D eigenvalue weighted by Crippen LogP contribution is -2.49. The number of guanidine groups is 1. The topological polar surface area (TPSA) is 58.1 Å². The van der Waals surface area contributed by atoms with Gasteiger partial charge in [-0.05, 0) is 25.7 Å². The smallest absolute Gasteiger partial charge is 0.191 e. The Bertz CT molecular complexity index is 428. The Hall–Kier alpha value is -0.850. The maximum Gasteiger partial charge on any atom is 0.191 e. The van der Waals surface area contributed by atoms with E-state index < -0.39 is 0 Å². The van der Waals surface area contributed by atoms with Gasteiger partial charge in [-0.2, -0.15) is 0 Å². The molecule has 0 bridgehead atoms. The molecule has 0 aromatic rings. The van der Waals surface area contributed by atoms with Crippen LogP contribution < -0.4 is 10.6 Å². The van der Waals surface area contributed by atoms with Crippen LogP contribution in [-0.4, -0.2) is 76.1 Å². The summed E-state index contributed by atoms with van der Waals surface area (Å²) in [6.07, 6.45) is 9.53. The Morgan fingerprint density at radius 1 is 1.04 bits per heavy atom. The van der Waals surface area contributed by atoms with E-state index >= 15 is 0 Å². The predicted molar refractivity (Wildman–Crippen MR) is 110 cm³/mol. The molecule has 156 valence electrons. The second-order valence-electron chi connectivity index (χ2n) is 8.28. The quantitative estimate of drug-likeness (QED) is 0.500. The third-order valence-electron chi connectivity index (χ3n) is 6.37. The highest BCUT2D eigenvalue weighted by Crippen LogP contribution is 2.26. The van der Waals surface area contributed by atoms with Gasteiger partial charge in [0.05, 0.1) is 26.4 Å². The first kappa shape index (κ1) is 20.9. The minimum atomic E-state index is 0.463. The number of aliphatic imine (C=N–C) groups is 1. The maximum atomic E-state index is 5.68. The fourth-order valence-electron chi connectivity index (χ4n) is 4.73. The van der Waals surface area contributed by atoms with Crippen molar-refractivity contribution in [1.82, 2.24) is 15.5 Å². The van der Waals surface area contributed by atoms with Gasteiger partial charge >= 0.3 is 0 Å². The molecule has 2 atom stereocenters. The van der Waals surface area contributed by atoms with Crippen LogP contribution in [-0.2, 0) is 9.47 Å². The summed E-state index contributed by atoms with van der Waals surface area (Å²) in [7, 11) is 0. The van der Waals surface area contributed by atoms with Crippen LogP contribution in [0.15, 0.2) is 4.99 Å². The first-order valence-corrected chi connectivity index (χ1v) is 11.3. The zero-order valence-corrected chi connectivity index (χ0v) is 17.3. The van der Waals surface area contributed by atoms with Crippen molar-refractivity contribution in [2.75, 3.05) is 59.2 Å². The number of morpholine rings is 1. The predicted octanol–water partition coefficient (Wildman–Crippen LogP) is 2.25. The van der Waals surface area contributed by atoms with Crippen LogP contribution in [0.2, 0.25) is 0 Å². The minimum absolute atomic E-state index is 0.463. The molecule has 2 unspecified atom stereocenters. The molecule has 2 heterocycles. The summed E-state index contributed by atoms with van der Waals surface area (Å²) in [4.78, 5) is 7.54. The average molecular weight is 381 g/mol. The van der Waals surface area contributed by atoms with Gasteiger partial charge in [-0.15, -0.1) is 0 Å². The summed E-state index contributed by atoms with van der Waals surface area (Å²) >= 11 is 0. The van der Waals surface area contributed by atoms with E-state index in [4.69, 9.17) is 14.5 Å². The molecule has 0 aromatic carbocycles. The number of rotatable bonds is 8. The van der Waals surface area contributed by atoms with Crippen LogP contribution in [0.25, 0.3) is 0 Å². The molecular formula is C21H40N4O2. The molecule has 27 heavy (non-hydrogen) atoms. The Labute approximate surface area is 165 Å². The van der Waals surface area contributed by atoms with E-state index in [1.807, 2.05) is 0 Å². The maximum absolute atomic E-state index is 5.68. The molecule has 2 aliphatic heterocycles. The number of ether oxygens (including phenoxy) is 2. The van der Waals surface area contributed by atoms with Gasteiger partial charge in [0, 0.05) is 44.7 Å². The molecule has 1 aliphatic carbocycles. The zero-order valence-electron chi connectivity index (χ0n) is 17.3. The molecule has 1 saturated carbocycles. The van der Waals surface area contributed by atoms with Crippen molar-refractivity contribution >= 4 is 5.96 Å². The summed E-state index contributed by atoms with van der Waals surface area (Å²) in [5.74, 6) is 2.48. The Kier molecular flexibility index (Phi) is 9.18. The molecule has 3 aliphatic rings. The van der Waals surface area contributed by atoms with Crippen LogP contribution in [0.1, 0.15) is 51.9 Å². The van der Waals surface area contributed by atoms with Crippen molar-refractivity contribution in [3.8, 4) is 0 Å². The number of hydrogen-bond acceptors (Lipinski definition) is 4. The second-order valence-corrected chi connectivity index (χ2v) is 8.28. The van der Waals surface area contributed by atoms with Gasteiger partial charge in [0.15, 0.2) is 5.96 Å². The van der Waals surface area contributed by atoms with E-state index in [2.05, 4.69) is 22.5 Å². The summed E-state index contributed by atoms with van der Waals surface area (Å²) in [5.41, 5.74) is 0. The van der Waals surface area contributed by atoms with Crippen LogP contribution in [0.3, 0.4) is 0 Å². The average Bonchev–Trinajstić information content (AvgIpc) is 3.24. The van der Waals surface area contributed by atoms with Crippen molar-refractivity contribution in [3.63, 3.8) is 0 Å². The summed E-state index contributed by atoms with van der Waals surface area (Å²) in [6, 6.07) is 0.463. The molecule has 2 saturated heterocycles. The first-order valence-electron chi connectivity index (χ1n) is 11.3. The lowest BCUT2D eigenvalue weighted by molar-refractivity contribution is 0.00368. The zero-order chi connectivity index (χ0) is 18.7. The third-order valence-corrected chi connectivity index (χ3v) is 6.37. The van der Waals surface area contributed by atoms with Crippen LogP contribution in [0, 0.1) is 11.8 Å². The largest absolute Gasteiger partial charge is 0.381 e. The van der Waals surface area contributed by atoms with Gasteiger partial charge < -0.3 is 20.1 Å². The Morgan fingerprint density at radius 3 is 2.56 bits per heavy atom. The van der Waals surface area contributed by atoms with Crippen molar-refractivity contribution in [2.45, 2.75) is 57.9 Å². The van der Waals surface area contributed by atoms with Crippen LogP contribution >= 0.6 is 0 Å².